The second-order valence-corrected chi connectivity index (χ2v) is 4.66. The number of rotatable bonds is 4. The van der Waals surface area contributed by atoms with Crippen LogP contribution in [0.2, 0.25) is 0 Å². The van der Waals surface area contributed by atoms with Crippen LogP contribution in [-0.2, 0) is 13.0 Å². The summed E-state index contributed by atoms with van der Waals surface area (Å²) in [7, 11) is 0. The predicted molar refractivity (Wildman–Crippen MR) is 70.1 cm³/mol. The van der Waals surface area contributed by atoms with Gasteiger partial charge >= 0.3 is 0 Å². The fraction of sp³-hybridized carbons (Fsp3) is 0.231. The second kappa shape index (κ2) is 5.27. The summed E-state index contributed by atoms with van der Waals surface area (Å²) in [5.41, 5.74) is 0.713. The first-order valence-electron chi connectivity index (χ1n) is 5.49. The number of halogens is 1. The third-order valence-corrected chi connectivity index (χ3v) is 3.10. The highest BCUT2D eigenvalue weighted by Gasteiger charge is 2.10. The highest BCUT2D eigenvalue weighted by Crippen LogP contribution is 2.13. The van der Waals surface area contributed by atoms with Crippen LogP contribution in [0.1, 0.15) is 23.1 Å². The first kappa shape index (κ1) is 12.0. The molecule has 1 aromatic heterocycles. The van der Waals surface area contributed by atoms with Gasteiger partial charge in [-0.15, -0.1) is 0 Å². The Morgan fingerprint density at radius 2 is 2.29 bits per heavy atom. The molecule has 1 heterocycles. The lowest BCUT2D eigenvalue weighted by atomic mass is 10.1. The lowest BCUT2D eigenvalue weighted by Crippen LogP contribution is -2.09. The Kier molecular flexibility index (Phi) is 3.74. The van der Waals surface area contributed by atoms with E-state index < -0.39 is 0 Å². The number of imidazole rings is 1. The standard InChI is InChI=1S/C13H13BrN2O/c1-2-16-7-6-15-13(16)9-12(17)10-4-3-5-11(14)8-10/h3-8H,2,9H2,1H3. The predicted octanol–water partition coefficient (Wildman–Crippen LogP) is 3.09. The van der Waals surface area contributed by atoms with Crippen molar-refractivity contribution in [1.29, 1.82) is 0 Å². The number of Topliss-reactive ketones (excluding diaryl/α,β-unsaturated/α-hetero) is 1. The molecule has 0 amide bonds. The minimum Gasteiger partial charge on any atom is -0.335 e. The maximum Gasteiger partial charge on any atom is 0.170 e. The zero-order chi connectivity index (χ0) is 12.3. The molecule has 0 radical (unpaired) electrons. The van der Waals surface area contributed by atoms with Gasteiger partial charge in [0.2, 0.25) is 0 Å². The zero-order valence-corrected chi connectivity index (χ0v) is 11.1. The molecule has 0 aliphatic carbocycles. The first-order valence-corrected chi connectivity index (χ1v) is 6.28. The van der Waals surface area contributed by atoms with Crippen LogP contribution in [-0.4, -0.2) is 15.3 Å². The fourth-order valence-electron chi connectivity index (χ4n) is 1.70. The number of aromatic nitrogens is 2. The molecule has 0 N–H and O–H groups in total. The summed E-state index contributed by atoms with van der Waals surface area (Å²) in [6, 6.07) is 7.43. The molecule has 0 saturated heterocycles. The van der Waals surface area contributed by atoms with Crippen LogP contribution >= 0.6 is 15.9 Å². The van der Waals surface area contributed by atoms with Gasteiger partial charge in [-0.3, -0.25) is 4.79 Å². The highest BCUT2D eigenvalue weighted by molar-refractivity contribution is 9.10. The van der Waals surface area contributed by atoms with E-state index in [2.05, 4.69) is 20.9 Å². The minimum absolute atomic E-state index is 0.0900. The third kappa shape index (κ3) is 2.82. The van der Waals surface area contributed by atoms with Crippen LogP contribution in [0.25, 0.3) is 0 Å². The summed E-state index contributed by atoms with van der Waals surface area (Å²) in [5.74, 6) is 0.907. The monoisotopic (exact) mass is 292 g/mol. The van der Waals surface area contributed by atoms with Crippen molar-refractivity contribution < 1.29 is 4.79 Å². The summed E-state index contributed by atoms with van der Waals surface area (Å²) in [6.45, 7) is 2.87. The number of benzene rings is 1. The van der Waals surface area contributed by atoms with E-state index >= 15 is 0 Å². The van der Waals surface area contributed by atoms with Crippen molar-refractivity contribution in [2.75, 3.05) is 0 Å². The normalized spacial score (nSPS) is 10.5. The smallest absolute Gasteiger partial charge is 0.170 e. The van der Waals surface area contributed by atoms with E-state index in [1.54, 1.807) is 6.20 Å². The lowest BCUT2D eigenvalue weighted by Gasteiger charge is -2.04. The van der Waals surface area contributed by atoms with Gasteiger partial charge in [-0.25, -0.2) is 4.98 Å². The molecule has 0 spiro atoms. The number of carbonyl (C=O) groups excluding carboxylic acids is 1. The summed E-state index contributed by atoms with van der Waals surface area (Å²) >= 11 is 3.36. The molecular weight excluding hydrogens is 280 g/mol. The van der Waals surface area contributed by atoms with Gasteiger partial charge in [0.1, 0.15) is 5.82 Å². The molecule has 2 rings (SSSR count). The number of carbonyl (C=O) groups is 1. The zero-order valence-electron chi connectivity index (χ0n) is 9.56. The molecule has 2 aromatic rings. The summed E-state index contributed by atoms with van der Waals surface area (Å²) in [5, 5.41) is 0. The van der Waals surface area contributed by atoms with Crippen molar-refractivity contribution in [2.24, 2.45) is 0 Å². The Balaban J connectivity index is 2.17. The van der Waals surface area contributed by atoms with E-state index in [1.165, 1.54) is 0 Å². The number of hydrogen-bond acceptors (Lipinski definition) is 2. The minimum atomic E-state index is 0.0900. The van der Waals surface area contributed by atoms with E-state index in [0.29, 0.717) is 12.0 Å². The average molecular weight is 293 g/mol. The van der Waals surface area contributed by atoms with E-state index in [0.717, 1.165) is 16.8 Å². The summed E-state index contributed by atoms with van der Waals surface area (Å²) in [4.78, 5) is 16.3. The molecule has 88 valence electrons. The number of ketones is 1. The van der Waals surface area contributed by atoms with Crippen LogP contribution in [0.4, 0.5) is 0 Å². The van der Waals surface area contributed by atoms with Crippen molar-refractivity contribution in [3.8, 4) is 0 Å². The molecule has 17 heavy (non-hydrogen) atoms. The Bertz CT molecular complexity index is 534. The maximum atomic E-state index is 12.1. The Morgan fingerprint density at radius 3 is 3.00 bits per heavy atom. The quantitative estimate of drug-likeness (QED) is 0.812. The van der Waals surface area contributed by atoms with Gasteiger partial charge in [-0.1, -0.05) is 28.1 Å². The second-order valence-electron chi connectivity index (χ2n) is 3.74. The van der Waals surface area contributed by atoms with Gasteiger partial charge in [-0.05, 0) is 19.1 Å². The van der Waals surface area contributed by atoms with Gasteiger partial charge in [0.05, 0.1) is 6.42 Å². The summed E-state index contributed by atoms with van der Waals surface area (Å²) < 4.78 is 2.90. The molecule has 0 aliphatic rings. The number of nitrogens with zero attached hydrogens (tertiary/aromatic N) is 2. The third-order valence-electron chi connectivity index (χ3n) is 2.61. The largest absolute Gasteiger partial charge is 0.335 e. The molecule has 4 heteroatoms. The lowest BCUT2D eigenvalue weighted by molar-refractivity contribution is 0.0989. The summed E-state index contributed by atoms with van der Waals surface area (Å²) in [6.07, 6.45) is 3.97. The SMILES string of the molecule is CCn1ccnc1CC(=O)c1cccc(Br)c1. The van der Waals surface area contributed by atoms with Gasteiger partial charge in [-0.2, -0.15) is 0 Å². The molecule has 3 nitrogen and oxygen atoms in total. The van der Waals surface area contributed by atoms with E-state index in [-0.39, 0.29) is 5.78 Å². The Morgan fingerprint density at radius 1 is 1.47 bits per heavy atom. The molecule has 0 atom stereocenters. The van der Waals surface area contributed by atoms with E-state index in [1.807, 2.05) is 42.0 Å². The van der Waals surface area contributed by atoms with Crippen LogP contribution in [0.3, 0.4) is 0 Å². The van der Waals surface area contributed by atoms with Crippen molar-refractivity contribution in [3.05, 3.63) is 52.5 Å². The first-order chi connectivity index (χ1) is 8.20. The van der Waals surface area contributed by atoms with Crippen molar-refractivity contribution in [2.45, 2.75) is 19.9 Å². The average Bonchev–Trinajstić information content (AvgIpc) is 2.76. The van der Waals surface area contributed by atoms with E-state index in [9.17, 15) is 4.79 Å². The molecule has 0 unspecified atom stereocenters. The molecular formula is C13H13BrN2O. The van der Waals surface area contributed by atoms with Gasteiger partial charge < -0.3 is 4.57 Å². The molecule has 1 aromatic carbocycles. The van der Waals surface area contributed by atoms with Crippen LogP contribution < -0.4 is 0 Å². The van der Waals surface area contributed by atoms with E-state index in [4.69, 9.17) is 0 Å². The number of aryl methyl sites for hydroxylation is 1. The molecule has 0 fully saturated rings. The van der Waals surface area contributed by atoms with Crippen LogP contribution in [0.5, 0.6) is 0 Å². The fourth-order valence-corrected chi connectivity index (χ4v) is 2.10. The van der Waals surface area contributed by atoms with Crippen molar-refractivity contribution in [1.82, 2.24) is 9.55 Å². The van der Waals surface area contributed by atoms with Gasteiger partial charge in [0.15, 0.2) is 5.78 Å². The Hall–Kier alpha value is -1.42. The Labute approximate surface area is 109 Å². The topological polar surface area (TPSA) is 34.9 Å². The van der Waals surface area contributed by atoms with Crippen LogP contribution in [0.15, 0.2) is 41.1 Å². The molecule has 0 saturated carbocycles. The van der Waals surface area contributed by atoms with Crippen LogP contribution in [0, 0.1) is 0 Å². The number of hydrogen-bond donors (Lipinski definition) is 0. The molecule has 0 bridgehead atoms. The van der Waals surface area contributed by atoms with Crippen molar-refractivity contribution >= 4 is 21.7 Å². The van der Waals surface area contributed by atoms with Gasteiger partial charge in [0.25, 0.3) is 0 Å². The molecule has 0 aliphatic heterocycles. The highest BCUT2D eigenvalue weighted by atomic mass is 79.9. The maximum absolute atomic E-state index is 12.1. The van der Waals surface area contributed by atoms with Gasteiger partial charge in [0, 0.05) is 29.0 Å². The van der Waals surface area contributed by atoms with Crippen molar-refractivity contribution in [3.63, 3.8) is 0 Å².